The van der Waals surface area contributed by atoms with Gasteiger partial charge in [-0.1, -0.05) is 0 Å². The van der Waals surface area contributed by atoms with Crippen LogP contribution >= 0.6 is 0 Å². The highest BCUT2D eigenvalue weighted by Crippen LogP contribution is 2.54. The zero-order valence-corrected chi connectivity index (χ0v) is 13.3. The number of halogens is 14. The normalized spacial score (nSPS) is 19.8. The summed E-state index contributed by atoms with van der Waals surface area (Å²) in [5.74, 6) is -45.9. The fourth-order valence-corrected chi connectivity index (χ4v) is 2.73. The molecular weight excluding hydrogens is 458 g/mol. The average molecular weight is 458 g/mol. The summed E-state index contributed by atoms with van der Waals surface area (Å²) in [4.78, 5) is 0. The molecule has 0 N–H and O–H groups in total. The van der Waals surface area contributed by atoms with E-state index >= 15 is 0 Å². The highest BCUT2D eigenvalue weighted by Gasteiger charge is 2.65. The van der Waals surface area contributed by atoms with Crippen LogP contribution in [-0.4, -0.2) is 0 Å². The van der Waals surface area contributed by atoms with Gasteiger partial charge in [0.05, 0.1) is 11.1 Å². The van der Waals surface area contributed by atoms with E-state index in [0.29, 0.717) is 0 Å². The molecule has 0 aromatic heterocycles. The molecule has 0 unspecified atom stereocenters. The molecule has 0 nitrogen and oxygen atoms in total. The molecule has 6 rings (SSSR count). The fraction of sp³-hybridized carbons (Fsp3) is 0.125. The molecule has 162 valence electrons. The Balaban J connectivity index is 2.77. The molecule has 0 amide bonds. The van der Waals surface area contributed by atoms with E-state index < -0.39 is 92.3 Å². The van der Waals surface area contributed by atoms with Crippen LogP contribution in [0.5, 0.6) is 0 Å². The minimum Gasteiger partial charge on any atom is -0.203 e. The molecule has 4 bridgehead atoms. The van der Waals surface area contributed by atoms with E-state index in [2.05, 4.69) is 0 Å². The Morgan fingerprint density at radius 1 is 0.333 bits per heavy atom. The summed E-state index contributed by atoms with van der Waals surface area (Å²) in [5.41, 5.74) is -12.6. The maximum absolute atomic E-state index is 14.2. The Morgan fingerprint density at radius 3 is 0.733 bits per heavy atom. The molecule has 0 heterocycles. The maximum Gasteiger partial charge on any atom is 0.345 e. The van der Waals surface area contributed by atoms with Gasteiger partial charge >= 0.3 is 11.8 Å². The highest BCUT2D eigenvalue weighted by molar-refractivity contribution is 5.84. The van der Waals surface area contributed by atoms with Crippen LogP contribution in [0.1, 0.15) is 22.3 Å². The number of rotatable bonds is 0. The van der Waals surface area contributed by atoms with Crippen molar-refractivity contribution in [3.63, 3.8) is 0 Å². The van der Waals surface area contributed by atoms with Gasteiger partial charge in [0.2, 0.25) is 0 Å². The first-order chi connectivity index (χ1) is 13.6. The van der Waals surface area contributed by atoms with E-state index in [1.165, 1.54) is 0 Å². The third-order valence-electron chi connectivity index (χ3n) is 4.18. The van der Waals surface area contributed by atoms with Gasteiger partial charge in [0.25, 0.3) is 0 Å². The second kappa shape index (κ2) is 6.35. The summed E-state index contributed by atoms with van der Waals surface area (Å²) in [6, 6.07) is 0. The van der Waals surface area contributed by atoms with E-state index in [1.807, 2.05) is 0 Å². The van der Waals surface area contributed by atoms with E-state index in [-0.39, 0.29) is 0 Å². The molecule has 0 radical (unpaired) electrons. The Labute approximate surface area is 155 Å². The molecule has 0 fully saturated rings. The van der Waals surface area contributed by atoms with Crippen molar-refractivity contribution in [3.05, 3.63) is 68.8 Å². The van der Waals surface area contributed by atoms with E-state index in [9.17, 15) is 61.5 Å². The predicted octanol–water partition coefficient (Wildman–Crippen LogP) is 6.76. The van der Waals surface area contributed by atoms with Crippen LogP contribution in [0, 0.1) is 46.5 Å². The summed E-state index contributed by atoms with van der Waals surface area (Å²) in [7, 11) is 0. The molecular formula is C16F14. The van der Waals surface area contributed by atoms with Crippen LogP contribution in [-0.2, 0) is 11.8 Å². The SMILES string of the molecule is F/C1=C(\F)c2c(F)c(F)c(c(F)c2F)C(F)(F)C(F)(F)c2c(F)c(F)c1c(F)c2F. The Morgan fingerprint density at radius 2 is 0.533 bits per heavy atom. The summed E-state index contributed by atoms with van der Waals surface area (Å²) >= 11 is 0. The van der Waals surface area contributed by atoms with Gasteiger partial charge in [-0.3, -0.25) is 0 Å². The van der Waals surface area contributed by atoms with Gasteiger partial charge in [0.1, 0.15) is 11.1 Å². The summed E-state index contributed by atoms with van der Waals surface area (Å²) < 4.78 is 196. The van der Waals surface area contributed by atoms with E-state index in [1.54, 1.807) is 0 Å². The van der Waals surface area contributed by atoms with Crippen LogP contribution in [0.4, 0.5) is 61.5 Å². The van der Waals surface area contributed by atoms with Gasteiger partial charge in [-0.15, -0.1) is 0 Å². The predicted molar refractivity (Wildman–Crippen MR) is 69.4 cm³/mol. The van der Waals surface area contributed by atoms with Crippen LogP contribution in [0.3, 0.4) is 0 Å². The monoisotopic (exact) mass is 458 g/mol. The molecule has 0 aliphatic heterocycles. The largest absolute Gasteiger partial charge is 0.345 e. The summed E-state index contributed by atoms with van der Waals surface area (Å²) in [5, 5.41) is 0. The Bertz CT molecular complexity index is 996. The Kier molecular flexibility index (Phi) is 4.63. The zero-order valence-electron chi connectivity index (χ0n) is 13.3. The third kappa shape index (κ3) is 2.41. The van der Waals surface area contributed by atoms with E-state index in [0.717, 1.165) is 0 Å². The van der Waals surface area contributed by atoms with Crippen molar-refractivity contribution in [3.8, 4) is 0 Å². The quantitative estimate of drug-likeness (QED) is 0.302. The van der Waals surface area contributed by atoms with Crippen LogP contribution < -0.4 is 0 Å². The summed E-state index contributed by atoms with van der Waals surface area (Å²) in [6.07, 6.45) is 0. The van der Waals surface area contributed by atoms with Crippen LogP contribution in [0.15, 0.2) is 0 Å². The first kappa shape index (κ1) is 21.9. The zero-order chi connectivity index (χ0) is 23.1. The highest BCUT2D eigenvalue weighted by atomic mass is 19.3. The fourth-order valence-electron chi connectivity index (χ4n) is 2.73. The second-order valence-electron chi connectivity index (χ2n) is 5.79. The number of hydrogen-bond donors (Lipinski definition) is 0. The Hall–Kier alpha value is -2.80. The summed E-state index contributed by atoms with van der Waals surface area (Å²) in [6.45, 7) is 0. The molecule has 14 heteroatoms. The van der Waals surface area contributed by atoms with Crippen molar-refractivity contribution >= 4 is 11.7 Å². The molecule has 0 atom stereocenters. The molecule has 2 aromatic carbocycles. The lowest BCUT2D eigenvalue weighted by Gasteiger charge is -2.29. The molecule has 0 saturated carbocycles. The topological polar surface area (TPSA) is 0 Å². The van der Waals surface area contributed by atoms with Gasteiger partial charge in [-0.05, 0) is 0 Å². The smallest absolute Gasteiger partial charge is 0.203 e. The van der Waals surface area contributed by atoms with Gasteiger partial charge in [-0.2, -0.15) is 17.6 Å². The van der Waals surface area contributed by atoms with Crippen molar-refractivity contribution in [2.75, 3.05) is 0 Å². The minimum absolute atomic E-state index is 2.82. The minimum atomic E-state index is -6.60. The number of benzene rings is 2. The van der Waals surface area contributed by atoms with Crippen molar-refractivity contribution in [2.24, 2.45) is 0 Å². The van der Waals surface area contributed by atoms with Crippen LogP contribution in [0.2, 0.25) is 0 Å². The lowest BCUT2D eigenvalue weighted by Crippen LogP contribution is -2.40. The second-order valence-corrected chi connectivity index (χ2v) is 5.79. The lowest BCUT2D eigenvalue weighted by atomic mass is 9.90. The molecule has 0 spiro atoms. The van der Waals surface area contributed by atoms with Gasteiger partial charge in [0.15, 0.2) is 58.2 Å². The molecule has 4 aliphatic carbocycles. The number of hydrogen-bond acceptors (Lipinski definition) is 0. The van der Waals surface area contributed by atoms with Gasteiger partial charge in [-0.25, -0.2) is 43.9 Å². The first-order valence-electron chi connectivity index (χ1n) is 7.15. The third-order valence-corrected chi connectivity index (χ3v) is 4.18. The maximum atomic E-state index is 14.2. The van der Waals surface area contributed by atoms with E-state index in [4.69, 9.17) is 0 Å². The van der Waals surface area contributed by atoms with Crippen molar-refractivity contribution < 1.29 is 61.5 Å². The lowest BCUT2D eigenvalue weighted by molar-refractivity contribution is -0.230. The number of alkyl halides is 4. The van der Waals surface area contributed by atoms with Crippen molar-refractivity contribution in [1.29, 1.82) is 0 Å². The molecule has 0 saturated heterocycles. The van der Waals surface area contributed by atoms with Gasteiger partial charge in [0, 0.05) is 0 Å². The molecule has 4 aliphatic rings. The van der Waals surface area contributed by atoms with Crippen LogP contribution in [0.25, 0.3) is 11.7 Å². The van der Waals surface area contributed by atoms with Gasteiger partial charge < -0.3 is 0 Å². The van der Waals surface area contributed by atoms with Crippen molar-refractivity contribution in [1.82, 2.24) is 0 Å². The molecule has 30 heavy (non-hydrogen) atoms. The first-order valence-corrected chi connectivity index (χ1v) is 7.15. The molecule has 2 aromatic rings. The standard InChI is InChI=1S/C16F14/c17-5-1-7(19)11(23)3(12(24)8(1)20)15(27,28)16(29,30)4-13(25)9(21)2(6(5)18)10(22)14(4)26/b6-5-. The average Bonchev–Trinajstić information content (AvgIpc) is 2.64. The van der Waals surface area contributed by atoms with Crippen molar-refractivity contribution in [2.45, 2.75) is 11.8 Å².